The lowest BCUT2D eigenvalue weighted by atomic mass is 10.2. The maximum atomic E-state index is 12.6. The normalized spacial score (nSPS) is 11.2. The van der Waals surface area contributed by atoms with E-state index in [0.717, 1.165) is 4.57 Å². The Labute approximate surface area is 172 Å². The van der Waals surface area contributed by atoms with Gasteiger partial charge in [-0.15, -0.1) is 0 Å². The van der Waals surface area contributed by atoms with E-state index in [4.69, 9.17) is 9.47 Å². The number of hydrogen-bond donors (Lipinski definition) is 2. The van der Waals surface area contributed by atoms with Gasteiger partial charge in [0.05, 0.1) is 17.4 Å². The van der Waals surface area contributed by atoms with Gasteiger partial charge >= 0.3 is 12.1 Å². The van der Waals surface area contributed by atoms with Crippen LogP contribution in [0.15, 0.2) is 42.6 Å². The molecule has 0 aliphatic heterocycles. The van der Waals surface area contributed by atoms with E-state index < -0.39 is 17.7 Å². The summed E-state index contributed by atoms with van der Waals surface area (Å²) in [6.07, 6.45) is 0.645. The molecule has 0 atom stereocenters. The smallest absolute Gasteiger partial charge is 0.419 e. The fraction of sp³-hybridized carbons (Fsp3) is 0.238. The first-order chi connectivity index (χ1) is 14.0. The Kier molecular flexibility index (Phi) is 5.46. The van der Waals surface area contributed by atoms with Crippen LogP contribution < -0.4 is 10.1 Å². The molecule has 30 heavy (non-hydrogen) atoms. The number of aromatic nitrogens is 2. The van der Waals surface area contributed by atoms with Gasteiger partial charge in [-0.25, -0.2) is 19.1 Å². The van der Waals surface area contributed by atoms with Crippen LogP contribution in [-0.2, 0) is 9.53 Å². The average Bonchev–Trinajstić information content (AvgIpc) is 3.01. The molecule has 9 nitrogen and oxygen atoms in total. The monoisotopic (exact) mass is 411 g/mol. The van der Waals surface area contributed by atoms with Gasteiger partial charge in [-0.2, -0.15) is 0 Å². The fourth-order valence-corrected chi connectivity index (χ4v) is 2.74. The standard InChI is InChI=1S/C21H21N3O6/c1-12(25)23-14-6-8-18(22-11-14)29-15-7-5-13-9-17(19(26)27)24(16(13)10-15)20(28)30-21(2,3)4/h5-11H,1-4H3,(H,23,25)(H,26,27). The van der Waals surface area contributed by atoms with Crippen molar-refractivity contribution in [3.63, 3.8) is 0 Å². The van der Waals surface area contributed by atoms with Crippen molar-refractivity contribution in [1.82, 2.24) is 9.55 Å². The minimum Gasteiger partial charge on any atom is -0.477 e. The Morgan fingerprint density at radius 1 is 1.10 bits per heavy atom. The van der Waals surface area contributed by atoms with Gasteiger partial charge in [0.2, 0.25) is 11.8 Å². The van der Waals surface area contributed by atoms with Crippen molar-refractivity contribution in [2.24, 2.45) is 0 Å². The number of carbonyl (C=O) groups is 3. The summed E-state index contributed by atoms with van der Waals surface area (Å²) in [6, 6.07) is 9.42. The molecule has 0 aliphatic carbocycles. The highest BCUT2D eigenvalue weighted by Crippen LogP contribution is 2.28. The van der Waals surface area contributed by atoms with Crippen LogP contribution in [0.3, 0.4) is 0 Å². The van der Waals surface area contributed by atoms with Gasteiger partial charge in [-0.3, -0.25) is 4.79 Å². The number of aromatic carboxylic acids is 1. The molecule has 2 aromatic heterocycles. The third-order valence-corrected chi connectivity index (χ3v) is 3.85. The fourth-order valence-electron chi connectivity index (χ4n) is 2.74. The van der Waals surface area contributed by atoms with Crippen molar-refractivity contribution >= 4 is 34.6 Å². The van der Waals surface area contributed by atoms with Crippen molar-refractivity contribution in [2.45, 2.75) is 33.3 Å². The van der Waals surface area contributed by atoms with E-state index in [2.05, 4.69) is 10.3 Å². The second-order valence-corrected chi connectivity index (χ2v) is 7.54. The van der Waals surface area contributed by atoms with Crippen LogP contribution >= 0.6 is 0 Å². The number of rotatable bonds is 4. The Morgan fingerprint density at radius 3 is 2.40 bits per heavy atom. The summed E-state index contributed by atoms with van der Waals surface area (Å²) in [5.74, 6) is -0.859. The molecular weight excluding hydrogens is 390 g/mol. The van der Waals surface area contributed by atoms with E-state index >= 15 is 0 Å². The van der Waals surface area contributed by atoms with Gasteiger partial charge in [0.1, 0.15) is 17.0 Å². The van der Waals surface area contributed by atoms with Crippen molar-refractivity contribution < 1.29 is 29.0 Å². The summed E-state index contributed by atoms with van der Waals surface area (Å²) in [6.45, 7) is 6.48. The summed E-state index contributed by atoms with van der Waals surface area (Å²) >= 11 is 0. The van der Waals surface area contributed by atoms with Gasteiger partial charge in [0.15, 0.2) is 0 Å². The lowest BCUT2D eigenvalue weighted by molar-refractivity contribution is -0.114. The van der Waals surface area contributed by atoms with Crippen LogP contribution in [-0.4, -0.2) is 38.2 Å². The molecule has 0 saturated carbocycles. The van der Waals surface area contributed by atoms with Crippen molar-refractivity contribution in [3.8, 4) is 11.6 Å². The molecule has 0 spiro atoms. The maximum absolute atomic E-state index is 12.6. The Balaban J connectivity index is 1.96. The van der Waals surface area contributed by atoms with Crippen LogP contribution in [0.25, 0.3) is 10.9 Å². The quantitative estimate of drug-likeness (QED) is 0.658. The van der Waals surface area contributed by atoms with Crippen molar-refractivity contribution in [3.05, 3.63) is 48.3 Å². The van der Waals surface area contributed by atoms with Gasteiger partial charge in [-0.05, 0) is 45.0 Å². The lowest BCUT2D eigenvalue weighted by Crippen LogP contribution is -2.28. The van der Waals surface area contributed by atoms with Gasteiger partial charge < -0.3 is 19.9 Å². The van der Waals surface area contributed by atoms with E-state index in [9.17, 15) is 19.5 Å². The molecule has 3 aromatic rings. The SMILES string of the molecule is CC(=O)Nc1ccc(Oc2ccc3cc(C(=O)O)n(C(=O)OC(C)(C)C)c3c2)nc1. The number of benzene rings is 1. The first kappa shape index (κ1) is 20.8. The van der Waals surface area contributed by atoms with E-state index in [1.807, 2.05) is 0 Å². The molecule has 0 radical (unpaired) electrons. The number of amides is 1. The average molecular weight is 411 g/mol. The Morgan fingerprint density at radius 2 is 1.83 bits per heavy atom. The largest absolute Gasteiger partial charge is 0.477 e. The number of ether oxygens (including phenoxy) is 2. The van der Waals surface area contributed by atoms with Crippen molar-refractivity contribution in [1.29, 1.82) is 0 Å². The van der Waals surface area contributed by atoms with E-state index in [-0.39, 0.29) is 17.5 Å². The highest BCUT2D eigenvalue weighted by molar-refractivity contribution is 6.01. The summed E-state index contributed by atoms with van der Waals surface area (Å²) in [5.41, 5.74) is -0.157. The number of pyridine rings is 1. The van der Waals surface area contributed by atoms with Gasteiger partial charge in [0, 0.05) is 24.4 Å². The van der Waals surface area contributed by atoms with Crippen LogP contribution in [0.4, 0.5) is 10.5 Å². The number of carbonyl (C=O) groups excluding carboxylic acids is 2. The predicted octanol–water partition coefficient (Wildman–Crippen LogP) is 4.27. The number of carboxylic acid groups (broad SMARTS) is 1. The summed E-state index contributed by atoms with van der Waals surface area (Å²) < 4.78 is 12.1. The third kappa shape index (κ3) is 4.75. The molecule has 3 rings (SSSR count). The zero-order valence-corrected chi connectivity index (χ0v) is 16.9. The van der Waals surface area contributed by atoms with Gasteiger partial charge in [-0.1, -0.05) is 0 Å². The minimum atomic E-state index is -1.25. The number of anilines is 1. The minimum absolute atomic E-state index is 0.214. The summed E-state index contributed by atoms with van der Waals surface area (Å²) in [4.78, 5) is 39.5. The topological polar surface area (TPSA) is 120 Å². The first-order valence-electron chi connectivity index (χ1n) is 9.07. The number of fused-ring (bicyclic) bond motifs is 1. The number of nitrogens with one attached hydrogen (secondary N) is 1. The first-order valence-corrected chi connectivity index (χ1v) is 9.07. The third-order valence-electron chi connectivity index (χ3n) is 3.85. The van der Waals surface area contributed by atoms with Crippen LogP contribution in [0, 0.1) is 0 Å². The van der Waals surface area contributed by atoms with Gasteiger partial charge in [0.25, 0.3) is 0 Å². The lowest BCUT2D eigenvalue weighted by Gasteiger charge is -2.20. The molecule has 0 aliphatic rings. The molecule has 9 heteroatoms. The number of hydrogen-bond acceptors (Lipinski definition) is 6. The zero-order valence-electron chi connectivity index (χ0n) is 16.9. The second kappa shape index (κ2) is 7.86. The molecule has 1 aromatic carbocycles. The molecule has 2 heterocycles. The van der Waals surface area contributed by atoms with E-state index in [1.54, 1.807) is 45.0 Å². The molecule has 0 saturated heterocycles. The summed E-state index contributed by atoms with van der Waals surface area (Å²) in [5, 5.41) is 12.7. The molecule has 1 amide bonds. The highest BCUT2D eigenvalue weighted by atomic mass is 16.6. The molecule has 2 N–H and O–H groups in total. The van der Waals surface area contributed by atoms with E-state index in [0.29, 0.717) is 22.3 Å². The second-order valence-electron chi connectivity index (χ2n) is 7.54. The maximum Gasteiger partial charge on any atom is 0.419 e. The summed E-state index contributed by atoms with van der Waals surface area (Å²) in [7, 11) is 0. The zero-order chi connectivity index (χ0) is 22.1. The highest BCUT2D eigenvalue weighted by Gasteiger charge is 2.25. The predicted molar refractivity (Wildman–Crippen MR) is 109 cm³/mol. The molecule has 0 fully saturated rings. The molecule has 0 unspecified atom stereocenters. The van der Waals surface area contributed by atoms with Crippen LogP contribution in [0.2, 0.25) is 0 Å². The Hall–Kier alpha value is -3.88. The number of carboxylic acids is 1. The van der Waals surface area contributed by atoms with E-state index in [1.165, 1.54) is 25.3 Å². The Bertz CT molecular complexity index is 1130. The molecule has 156 valence electrons. The van der Waals surface area contributed by atoms with Crippen molar-refractivity contribution in [2.75, 3.05) is 5.32 Å². The van der Waals surface area contributed by atoms with Crippen LogP contribution in [0.5, 0.6) is 11.6 Å². The van der Waals surface area contributed by atoms with Crippen LogP contribution in [0.1, 0.15) is 38.2 Å². The molecule has 0 bridgehead atoms. The molecular formula is C21H21N3O6. The number of nitrogens with zero attached hydrogens (tertiary/aromatic N) is 2.